The molecule has 0 atom stereocenters. The van der Waals surface area contributed by atoms with Crippen LogP contribution in [0.2, 0.25) is 0 Å². The molecular weight excluding hydrogens is 314 g/mol. The SMILES string of the molecule is CN(C)c1ncccc1CN1CCc2nc(-c3ccco3)ncc2C1. The van der Waals surface area contributed by atoms with Crippen molar-refractivity contribution in [1.29, 1.82) is 0 Å². The molecule has 0 spiro atoms. The summed E-state index contributed by atoms with van der Waals surface area (Å²) in [5, 5.41) is 0. The van der Waals surface area contributed by atoms with Crippen LogP contribution in [0.3, 0.4) is 0 Å². The monoisotopic (exact) mass is 335 g/mol. The highest BCUT2D eigenvalue weighted by Gasteiger charge is 2.20. The lowest BCUT2D eigenvalue weighted by atomic mass is 10.1. The second-order valence-corrected chi connectivity index (χ2v) is 6.48. The van der Waals surface area contributed by atoms with E-state index in [2.05, 4.69) is 25.8 Å². The molecule has 6 nitrogen and oxygen atoms in total. The molecule has 6 heteroatoms. The normalized spacial score (nSPS) is 14.3. The molecule has 0 saturated carbocycles. The number of aromatic nitrogens is 3. The van der Waals surface area contributed by atoms with Gasteiger partial charge in [0.05, 0.1) is 12.0 Å². The zero-order chi connectivity index (χ0) is 17.2. The predicted molar refractivity (Wildman–Crippen MR) is 96.1 cm³/mol. The van der Waals surface area contributed by atoms with Gasteiger partial charge in [0.15, 0.2) is 11.6 Å². The Bertz CT molecular complexity index is 860. The molecule has 1 aliphatic rings. The van der Waals surface area contributed by atoms with Crippen LogP contribution in [0.5, 0.6) is 0 Å². The van der Waals surface area contributed by atoms with Crippen molar-refractivity contribution < 1.29 is 4.42 Å². The molecular formula is C19H21N5O. The molecule has 0 fully saturated rings. The first-order valence-corrected chi connectivity index (χ1v) is 8.43. The van der Waals surface area contributed by atoms with Crippen LogP contribution in [-0.4, -0.2) is 40.5 Å². The Balaban J connectivity index is 1.52. The average Bonchev–Trinajstić information content (AvgIpc) is 3.16. The minimum atomic E-state index is 0.666. The van der Waals surface area contributed by atoms with E-state index in [1.54, 1.807) is 6.26 Å². The number of rotatable bonds is 4. The summed E-state index contributed by atoms with van der Waals surface area (Å²) in [4.78, 5) is 18.1. The van der Waals surface area contributed by atoms with Crippen LogP contribution >= 0.6 is 0 Å². The lowest BCUT2D eigenvalue weighted by molar-refractivity contribution is 0.243. The van der Waals surface area contributed by atoms with Crippen LogP contribution in [0.4, 0.5) is 5.82 Å². The van der Waals surface area contributed by atoms with Gasteiger partial charge in [0, 0.05) is 63.7 Å². The van der Waals surface area contributed by atoms with E-state index in [1.807, 2.05) is 44.7 Å². The number of nitrogens with zero attached hydrogens (tertiary/aromatic N) is 5. The van der Waals surface area contributed by atoms with Crippen molar-refractivity contribution >= 4 is 5.82 Å². The van der Waals surface area contributed by atoms with Crippen molar-refractivity contribution in [3.05, 3.63) is 59.7 Å². The summed E-state index contributed by atoms with van der Waals surface area (Å²) in [5.41, 5.74) is 3.55. The zero-order valence-corrected chi connectivity index (χ0v) is 14.5. The van der Waals surface area contributed by atoms with Crippen molar-refractivity contribution in [1.82, 2.24) is 19.9 Å². The maximum absolute atomic E-state index is 5.40. The number of anilines is 1. The lowest BCUT2D eigenvalue weighted by Crippen LogP contribution is -2.31. The predicted octanol–water partition coefficient (Wildman–Crippen LogP) is 2.76. The lowest BCUT2D eigenvalue weighted by Gasteiger charge is -2.29. The summed E-state index contributed by atoms with van der Waals surface area (Å²) < 4.78 is 5.40. The Morgan fingerprint density at radius 2 is 2.12 bits per heavy atom. The summed E-state index contributed by atoms with van der Waals surface area (Å²) in [6, 6.07) is 7.89. The molecule has 25 heavy (non-hydrogen) atoms. The first-order valence-electron chi connectivity index (χ1n) is 8.43. The zero-order valence-electron chi connectivity index (χ0n) is 14.5. The molecule has 1 aliphatic heterocycles. The van der Waals surface area contributed by atoms with Crippen LogP contribution < -0.4 is 4.90 Å². The first kappa shape index (κ1) is 15.8. The molecule has 0 aliphatic carbocycles. The Hall–Kier alpha value is -2.73. The molecule has 0 N–H and O–H groups in total. The third-order valence-corrected chi connectivity index (χ3v) is 4.44. The quantitative estimate of drug-likeness (QED) is 0.731. The van der Waals surface area contributed by atoms with Crippen molar-refractivity contribution in [2.45, 2.75) is 19.5 Å². The van der Waals surface area contributed by atoms with E-state index in [-0.39, 0.29) is 0 Å². The third-order valence-electron chi connectivity index (χ3n) is 4.44. The molecule has 0 unspecified atom stereocenters. The molecule has 0 bridgehead atoms. The largest absolute Gasteiger partial charge is 0.461 e. The van der Waals surface area contributed by atoms with E-state index in [1.165, 1.54) is 11.1 Å². The van der Waals surface area contributed by atoms with Gasteiger partial charge < -0.3 is 9.32 Å². The Labute approximate surface area is 147 Å². The van der Waals surface area contributed by atoms with Gasteiger partial charge in [-0.1, -0.05) is 6.07 Å². The van der Waals surface area contributed by atoms with Crippen molar-refractivity contribution in [3.8, 4) is 11.6 Å². The van der Waals surface area contributed by atoms with Crippen LogP contribution in [-0.2, 0) is 19.5 Å². The smallest absolute Gasteiger partial charge is 0.195 e. The highest BCUT2D eigenvalue weighted by Crippen LogP contribution is 2.24. The fourth-order valence-corrected chi connectivity index (χ4v) is 3.23. The van der Waals surface area contributed by atoms with E-state index in [0.29, 0.717) is 5.82 Å². The van der Waals surface area contributed by atoms with Gasteiger partial charge in [0.25, 0.3) is 0 Å². The van der Waals surface area contributed by atoms with Crippen LogP contribution in [0, 0.1) is 0 Å². The van der Waals surface area contributed by atoms with Crippen LogP contribution in [0.1, 0.15) is 16.8 Å². The van der Waals surface area contributed by atoms with Gasteiger partial charge in [-0.05, 0) is 18.2 Å². The second-order valence-electron chi connectivity index (χ2n) is 6.48. The summed E-state index contributed by atoms with van der Waals surface area (Å²) in [6.07, 6.45) is 6.34. The number of furan rings is 1. The molecule has 0 saturated heterocycles. The van der Waals surface area contributed by atoms with Gasteiger partial charge in [0.1, 0.15) is 5.82 Å². The van der Waals surface area contributed by atoms with Gasteiger partial charge in [-0.15, -0.1) is 0 Å². The Kier molecular flexibility index (Phi) is 4.19. The maximum atomic E-state index is 5.40. The van der Waals surface area contributed by atoms with Gasteiger partial charge >= 0.3 is 0 Å². The van der Waals surface area contributed by atoms with Crippen molar-refractivity contribution in [3.63, 3.8) is 0 Å². The summed E-state index contributed by atoms with van der Waals surface area (Å²) in [6.45, 7) is 2.71. The van der Waals surface area contributed by atoms with E-state index in [9.17, 15) is 0 Å². The Morgan fingerprint density at radius 3 is 2.92 bits per heavy atom. The van der Waals surface area contributed by atoms with E-state index >= 15 is 0 Å². The second kappa shape index (κ2) is 6.64. The fourth-order valence-electron chi connectivity index (χ4n) is 3.23. The molecule has 4 heterocycles. The summed E-state index contributed by atoms with van der Waals surface area (Å²) in [7, 11) is 4.06. The third kappa shape index (κ3) is 3.25. The minimum absolute atomic E-state index is 0.666. The molecule has 0 amide bonds. The minimum Gasteiger partial charge on any atom is -0.461 e. The Morgan fingerprint density at radius 1 is 1.20 bits per heavy atom. The molecule has 0 radical (unpaired) electrons. The fraction of sp³-hybridized carbons (Fsp3) is 0.316. The van der Waals surface area contributed by atoms with E-state index in [0.717, 1.165) is 43.3 Å². The topological polar surface area (TPSA) is 58.3 Å². The number of fused-ring (bicyclic) bond motifs is 1. The summed E-state index contributed by atoms with van der Waals surface area (Å²) >= 11 is 0. The van der Waals surface area contributed by atoms with Crippen LogP contribution in [0.25, 0.3) is 11.6 Å². The molecule has 3 aromatic rings. The van der Waals surface area contributed by atoms with Crippen molar-refractivity contribution in [2.75, 3.05) is 25.5 Å². The molecule has 128 valence electrons. The standard InChI is InChI=1S/C19H21N5O/c1-23(2)19-14(5-3-8-20-19)12-24-9-7-16-15(13-24)11-21-18(22-16)17-6-4-10-25-17/h3-6,8,10-11H,7,9,12-13H2,1-2H3. The first-order chi connectivity index (χ1) is 12.2. The van der Waals surface area contributed by atoms with Gasteiger partial charge in [0.2, 0.25) is 0 Å². The number of hydrogen-bond donors (Lipinski definition) is 0. The van der Waals surface area contributed by atoms with Gasteiger partial charge in [-0.25, -0.2) is 15.0 Å². The number of hydrogen-bond acceptors (Lipinski definition) is 6. The molecule has 0 aromatic carbocycles. The highest BCUT2D eigenvalue weighted by atomic mass is 16.3. The molecule has 3 aromatic heterocycles. The number of pyridine rings is 1. The maximum Gasteiger partial charge on any atom is 0.195 e. The van der Waals surface area contributed by atoms with Gasteiger partial charge in [-0.2, -0.15) is 0 Å². The van der Waals surface area contributed by atoms with E-state index in [4.69, 9.17) is 9.40 Å². The summed E-state index contributed by atoms with van der Waals surface area (Å²) in [5.74, 6) is 2.41. The highest BCUT2D eigenvalue weighted by molar-refractivity contribution is 5.47. The van der Waals surface area contributed by atoms with Crippen molar-refractivity contribution in [2.24, 2.45) is 0 Å². The van der Waals surface area contributed by atoms with Gasteiger partial charge in [-0.3, -0.25) is 4.90 Å². The molecule has 4 rings (SSSR count). The average molecular weight is 335 g/mol. The van der Waals surface area contributed by atoms with E-state index < -0.39 is 0 Å². The van der Waals surface area contributed by atoms with Crippen LogP contribution in [0.15, 0.2) is 47.3 Å².